The van der Waals surface area contributed by atoms with Gasteiger partial charge in [-0.1, -0.05) is 18.2 Å². The monoisotopic (exact) mass is 299 g/mol. The number of ether oxygens (including phenoxy) is 2. The second kappa shape index (κ2) is 4.14. The van der Waals surface area contributed by atoms with Crippen molar-refractivity contribution >= 4 is 11.6 Å². The molecule has 6 heteroatoms. The van der Waals surface area contributed by atoms with Gasteiger partial charge in [-0.2, -0.15) is 0 Å². The van der Waals surface area contributed by atoms with Crippen molar-refractivity contribution in [2.45, 2.75) is 5.60 Å². The zero-order valence-electron chi connectivity index (χ0n) is 11.7. The van der Waals surface area contributed by atoms with Gasteiger partial charge in [0.2, 0.25) is 12.4 Å². The van der Waals surface area contributed by atoms with Crippen molar-refractivity contribution in [3.05, 3.63) is 47.5 Å². The van der Waals surface area contributed by atoms with E-state index in [0.717, 1.165) is 0 Å². The molecule has 0 spiro atoms. The van der Waals surface area contributed by atoms with E-state index < -0.39 is 11.5 Å². The molecule has 2 aliphatic heterocycles. The van der Waals surface area contributed by atoms with Crippen LogP contribution in [0.5, 0.6) is 17.2 Å². The van der Waals surface area contributed by atoms with Gasteiger partial charge in [-0.15, -0.1) is 0 Å². The Morgan fingerprint density at radius 1 is 1.14 bits per heavy atom. The number of phenolic OH excluding ortho intramolecular Hbond substituents is 1. The molecule has 0 aliphatic carbocycles. The number of hydrogen-bond donors (Lipinski definition) is 2. The fourth-order valence-corrected chi connectivity index (χ4v) is 3.02. The summed E-state index contributed by atoms with van der Waals surface area (Å²) in [5, 5.41) is 21.4. The Kier molecular flexibility index (Phi) is 2.44. The number of aliphatic hydroxyl groups is 1. The number of nitrogens with zero attached hydrogens (tertiary/aromatic N) is 1. The Labute approximate surface area is 126 Å². The fraction of sp³-hybridized carbons (Fsp3) is 0.188. The summed E-state index contributed by atoms with van der Waals surface area (Å²) in [6.45, 7) is 0.0427. The van der Waals surface area contributed by atoms with Crippen molar-refractivity contribution in [3.63, 3.8) is 0 Å². The first-order valence-electron chi connectivity index (χ1n) is 6.76. The number of carbonyl (C=O) groups excluding carboxylic acids is 1. The van der Waals surface area contributed by atoms with Gasteiger partial charge in [0, 0.05) is 24.2 Å². The zero-order valence-corrected chi connectivity index (χ0v) is 11.7. The van der Waals surface area contributed by atoms with E-state index in [9.17, 15) is 15.0 Å². The minimum Gasteiger partial charge on any atom is -0.507 e. The van der Waals surface area contributed by atoms with Crippen LogP contribution in [-0.4, -0.2) is 30.0 Å². The predicted molar refractivity (Wildman–Crippen MR) is 77.1 cm³/mol. The minimum atomic E-state index is -1.95. The van der Waals surface area contributed by atoms with Crippen LogP contribution < -0.4 is 14.4 Å². The van der Waals surface area contributed by atoms with E-state index in [2.05, 4.69) is 0 Å². The van der Waals surface area contributed by atoms with E-state index >= 15 is 0 Å². The van der Waals surface area contributed by atoms with E-state index in [-0.39, 0.29) is 18.1 Å². The van der Waals surface area contributed by atoms with Gasteiger partial charge in [0.05, 0.1) is 5.69 Å². The summed E-state index contributed by atoms with van der Waals surface area (Å²) >= 11 is 0. The van der Waals surface area contributed by atoms with E-state index in [1.54, 1.807) is 31.3 Å². The maximum absolute atomic E-state index is 12.6. The van der Waals surface area contributed by atoms with Crippen molar-refractivity contribution in [1.29, 1.82) is 0 Å². The molecule has 0 saturated carbocycles. The smallest absolute Gasteiger partial charge is 0.268 e. The molecule has 0 bridgehead atoms. The third-order valence-corrected chi connectivity index (χ3v) is 4.15. The molecule has 2 N–H and O–H groups in total. The standard InChI is InChI=1S/C16H13NO5/c1-17-11-5-3-2-4-9(11)16(20,15(17)19)10-6-13-14(7-12(10)18)22-8-21-13/h2-7,18,20H,8H2,1H3. The van der Waals surface area contributed by atoms with Gasteiger partial charge in [-0.3, -0.25) is 4.79 Å². The number of benzene rings is 2. The lowest BCUT2D eigenvalue weighted by Gasteiger charge is -2.23. The van der Waals surface area contributed by atoms with Gasteiger partial charge >= 0.3 is 0 Å². The van der Waals surface area contributed by atoms with Gasteiger partial charge in [0.25, 0.3) is 5.91 Å². The summed E-state index contributed by atoms with van der Waals surface area (Å²) < 4.78 is 10.5. The Balaban J connectivity index is 1.98. The number of rotatable bonds is 1. The second-order valence-corrected chi connectivity index (χ2v) is 5.31. The van der Waals surface area contributed by atoms with E-state index in [4.69, 9.17) is 9.47 Å². The van der Waals surface area contributed by atoms with Crippen LogP contribution in [0.3, 0.4) is 0 Å². The highest BCUT2D eigenvalue weighted by atomic mass is 16.7. The zero-order chi connectivity index (χ0) is 15.5. The van der Waals surface area contributed by atoms with Crippen molar-refractivity contribution in [2.75, 3.05) is 18.7 Å². The van der Waals surface area contributed by atoms with Crippen LogP contribution in [-0.2, 0) is 10.4 Å². The van der Waals surface area contributed by atoms with Crippen LogP contribution in [0.4, 0.5) is 5.69 Å². The van der Waals surface area contributed by atoms with Gasteiger partial charge in [0.15, 0.2) is 11.5 Å². The molecular weight excluding hydrogens is 286 g/mol. The maximum atomic E-state index is 12.6. The molecule has 2 aliphatic rings. The third kappa shape index (κ3) is 1.44. The molecule has 1 atom stereocenters. The van der Waals surface area contributed by atoms with Gasteiger partial charge in [-0.25, -0.2) is 0 Å². The van der Waals surface area contributed by atoms with Gasteiger partial charge < -0.3 is 24.6 Å². The van der Waals surface area contributed by atoms with Crippen LogP contribution in [0.2, 0.25) is 0 Å². The van der Waals surface area contributed by atoms with Crippen molar-refractivity contribution in [2.24, 2.45) is 0 Å². The molecule has 0 radical (unpaired) electrons. The SMILES string of the molecule is CN1C(=O)C(O)(c2cc3c(cc2O)OCO3)c2ccccc21. The minimum absolute atomic E-state index is 0.0427. The average molecular weight is 299 g/mol. The Morgan fingerprint density at radius 2 is 1.82 bits per heavy atom. The largest absolute Gasteiger partial charge is 0.507 e. The third-order valence-electron chi connectivity index (χ3n) is 4.15. The fourth-order valence-electron chi connectivity index (χ4n) is 3.02. The van der Waals surface area contributed by atoms with Gasteiger partial charge in [-0.05, 0) is 12.1 Å². The highest BCUT2D eigenvalue weighted by Crippen LogP contribution is 2.49. The van der Waals surface area contributed by atoms with Gasteiger partial charge in [0.1, 0.15) is 5.75 Å². The van der Waals surface area contributed by atoms with Crippen molar-refractivity contribution in [1.82, 2.24) is 0 Å². The molecular formula is C16H13NO5. The molecule has 1 unspecified atom stereocenters. The number of hydrogen-bond acceptors (Lipinski definition) is 5. The highest BCUT2D eigenvalue weighted by molar-refractivity contribution is 6.09. The Bertz CT molecular complexity index is 803. The number of fused-ring (bicyclic) bond motifs is 2. The molecule has 4 rings (SSSR count). The summed E-state index contributed by atoms with van der Waals surface area (Å²) in [5.74, 6) is 0.0334. The number of amides is 1. The molecule has 22 heavy (non-hydrogen) atoms. The van der Waals surface area contributed by atoms with Crippen LogP contribution in [0, 0.1) is 0 Å². The maximum Gasteiger partial charge on any atom is 0.268 e. The number of likely N-dealkylation sites (N-methyl/N-ethyl adjacent to an activating group) is 1. The number of phenols is 1. The lowest BCUT2D eigenvalue weighted by Crippen LogP contribution is -2.39. The summed E-state index contributed by atoms with van der Waals surface area (Å²) in [6.07, 6.45) is 0. The first kappa shape index (κ1) is 13.0. The summed E-state index contributed by atoms with van der Waals surface area (Å²) in [4.78, 5) is 14.0. The molecule has 2 heterocycles. The Hall–Kier alpha value is -2.73. The Morgan fingerprint density at radius 3 is 2.59 bits per heavy atom. The lowest BCUT2D eigenvalue weighted by atomic mass is 9.86. The summed E-state index contributed by atoms with van der Waals surface area (Å²) in [6, 6.07) is 9.74. The number of aromatic hydroxyl groups is 1. The first-order chi connectivity index (χ1) is 10.5. The molecule has 112 valence electrons. The quantitative estimate of drug-likeness (QED) is 0.830. The number of para-hydroxylation sites is 1. The second-order valence-electron chi connectivity index (χ2n) is 5.31. The lowest BCUT2D eigenvalue weighted by molar-refractivity contribution is -0.132. The van der Waals surface area contributed by atoms with Crippen LogP contribution in [0.25, 0.3) is 0 Å². The normalized spacial score (nSPS) is 22.1. The number of carbonyl (C=O) groups is 1. The van der Waals surface area contributed by atoms with Crippen LogP contribution in [0.15, 0.2) is 36.4 Å². The predicted octanol–water partition coefficient (Wildman–Crippen LogP) is 1.33. The van der Waals surface area contributed by atoms with Crippen molar-refractivity contribution < 1.29 is 24.5 Å². The van der Waals surface area contributed by atoms with Crippen molar-refractivity contribution in [3.8, 4) is 17.2 Å². The van der Waals surface area contributed by atoms with E-state index in [0.29, 0.717) is 22.7 Å². The molecule has 0 fully saturated rings. The molecule has 6 nitrogen and oxygen atoms in total. The summed E-state index contributed by atoms with van der Waals surface area (Å²) in [5.41, 5.74) is -0.835. The van der Waals surface area contributed by atoms with Crippen LogP contribution in [0.1, 0.15) is 11.1 Å². The average Bonchev–Trinajstić information content (AvgIpc) is 3.05. The molecule has 1 amide bonds. The first-order valence-corrected chi connectivity index (χ1v) is 6.76. The topological polar surface area (TPSA) is 79.2 Å². The van der Waals surface area contributed by atoms with Crippen LogP contribution >= 0.6 is 0 Å². The molecule has 0 saturated heterocycles. The van der Waals surface area contributed by atoms with E-state index in [1.807, 2.05) is 0 Å². The van der Waals surface area contributed by atoms with E-state index in [1.165, 1.54) is 17.0 Å². The molecule has 2 aromatic rings. The highest BCUT2D eigenvalue weighted by Gasteiger charge is 2.51. The summed E-state index contributed by atoms with van der Waals surface area (Å²) in [7, 11) is 1.59. The number of anilines is 1. The molecule has 0 aromatic heterocycles. The molecule has 2 aromatic carbocycles.